The Hall–Kier alpha value is -3.62. The minimum Gasteiger partial charge on any atom is -0.465 e. The van der Waals surface area contributed by atoms with Crippen LogP contribution in [0.5, 0.6) is 0 Å². The van der Waals surface area contributed by atoms with Crippen LogP contribution in [0.4, 0.5) is 22.1 Å². The maximum Gasteiger partial charge on any atom is 0.404 e. The van der Waals surface area contributed by atoms with Gasteiger partial charge >= 0.3 is 6.09 Å². The molecule has 3 aromatic rings. The largest absolute Gasteiger partial charge is 0.465 e. The van der Waals surface area contributed by atoms with Crippen LogP contribution in [0.2, 0.25) is 0 Å². The van der Waals surface area contributed by atoms with Crippen molar-refractivity contribution in [2.75, 3.05) is 17.2 Å². The number of fused-ring (bicyclic) bond motifs is 1. The Morgan fingerprint density at radius 2 is 1.81 bits per heavy atom. The maximum absolute atomic E-state index is 11.2. The van der Waals surface area contributed by atoms with Crippen LogP contribution in [0.3, 0.4) is 0 Å². The summed E-state index contributed by atoms with van der Waals surface area (Å²) < 4.78 is 1.96. The van der Waals surface area contributed by atoms with Gasteiger partial charge in [-0.1, -0.05) is 38.2 Å². The van der Waals surface area contributed by atoms with Gasteiger partial charge in [0.25, 0.3) is 0 Å². The molecule has 1 aliphatic carbocycles. The quantitative estimate of drug-likeness (QED) is 0.395. The molecule has 4 N–H and O–H groups in total. The van der Waals surface area contributed by atoms with E-state index in [0.29, 0.717) is 31.1 Å². The number of carbonyl (C=O) groups excluding carboxylic acids is 1. The van der Waals surface area contributed by atoms with Gasteiger partial charge in [-0.2, -0.15) is 4.98 Å². The standard InChI is InChI=1S/C18H20N6O3.C5H10/c1-12(25)21-14-4-2-5-15(10-14)22-17-20-11-13-6-9-24(16(13)23-17)8-3-7-19-18(26)27;1-2-4-5-3-1/h2,4-6,9-11,19H,3,7-8H2,1H3,(H,21,25)(H,26,27)(H,20,22,23);1-5H2. The van der Waals surface area contributed by atoms with Crippen molar-refractivity contribution in [2.24, 2.45) is 0 Å². The molecule has 1 fully saturated rings. The van der Waals surface area contributed by atoms with E-state index in [1.165, 1.54) is 39.0 Å². The highest BCUT2D eigenvalue weighted by atomic mass is 16.4. The highest BCUT2D eigenvalue weighted by Gasteiger charge is 2.07. The molecule has 9 heteroatoms. The molecule has 32 heavy (non-hydrogen) atoms. The van der Waals surface area contributed by atoms with Crippen LogP contribution in [0.25, 0.3) is 11.0 Å². The van der Waals surface area contributed by atoms with Crippen molar-refractivity contribution in [1.82, 2.24) is 19.9 Å². The van der Waals surface area contributed by atoms with E-state index in [4.69, 9.17) is 5.11 Å². The summed E-state index contributed by atoms with van der Waals surface area (Å²) in [7, 11) is 0. The van der Waals surface area contributed by atoms with E-state index in [1.807, 2.05) is 29.0 Å². The van der Waals surface area contributed by atoms with Crippen molar-refractivity contribution in [3.05, 3.63) is 42.7 Å². The molecule has 170 valence electrons. The topological polar surface area (TPSA) is 121 Å². The van der Waals surface area contributed by atoms with Crippen molar-refractivity contribution in [3.63, 3.8) is 0 Å². The predicted octanol–water partition coefficient (Wildman–Crippen LogP) is 4.74. The zero-order valence-corrected chi connectivity index (χ0v) is 18.3. The molecule has 0 radical (unpaired) electrons. The average Bonchev–Trinajstić information content (AvgIpc) is 3.45. The van der Waals surface area contributed by atoms with Crippen molar-refractivity contribution in [3.8, 4) is 0 Å². The SMILES string of the molecule is C1CCCC1.CC(=O)Nc1cccc(Nc2ncc3ccn(CCCNC(=O)O)c3n2)c1. The first-order chi connectivity index (χ1) is 15.5. The number of carboxylic acid groups (broad SMARTS) is 1. The molecule has 0 unspecified atom stereocenters. The van der Waals surface area contributed by atoms with E-state index >= 15 is 0 Å². The lowest BCUT2D eigenvalue weighted by atomic mass is 10.2. The van der Waals surface area contributed by atoms with E-state index in [-0.39, 0.29) is 5.91 Å². The maximum atomic E-state index is 11.2. The lowest BCUT2D eigenvalue weighted by Gasteiger charge is -2.09. The van der Waals surface area contributed by atoms with Crippen LogP contribution < -0.4 is 16.0 Å². The van der Waals surface area contributed by atoms with E-state index in [2.05, 4.69) is 25.9 Å². The molecule has 0 spiro atoms. The Balaban J connectivity index is 0.000000509. The van der Waals surface area contributed by atoms with Crippen LogP contribution in [-0.2, 0) is 11.3 Å². The number of benzene rings is 1. The number of carbonyl (C=O) groups is 2. The third-order valence-corrected chi connectivity index (χ3v) is 5.04. The zero-order chi connectivity index (χ0) is 22.8. The molecular formula is C23H30N6O3. The molecule has 0 bridgehead atoms. The van der Waals surface area contributed by atoms with Crippen LogP contribution in [0.1, 0.15) is 45.4 Å². The summed E-state index contributed by atoms with van der Waals surface area (Å²) in [5, 5.41) is 17.7. The average molecular weight is 439 g/mol. The molecule has 2 aromatic heterocycles. The first-order valence-corrected chi connectivity index (χ1v) is 10.9. The molecule has 9 nitrogen and oxygen atoms in total. The molecule has 1 aliphatic rings. The fraction of sp³-hybridized carbons (Fsp3) is 0.391. The number of amides is 2. The van der Waals surface area contributed by atoms with Gasteiger partial charge in [-0.05, 0) is 30.7 Å². The molecule has 0 saturated heterocycles. The molecule has 1 aromatic carbocycles. The molecule has 0 atom stereocenters. The van der Waals surface area contributed by atoms with E-state index < -0.39 is 6.09 Å². The van der Waals surface area contributed by atoms with Crippen molar-refractivity contribution >= 4 is 40.4 Å². The lowest BCUT2D eigenvalue weighted by Crippen LogP contribution is -2.22. The minimum absolute atomic E-state index is 0.139. The number of hydrogen-bond acceptors (Lipinski definition) is 5. The second-order valence-electron chi connectivity index (χ2n) is 7.72. The van der Waals surface area contributed by atoms with Gasteiger partial charge in [0.05, 0.1) is 0 Å². The van der Waals surface area contributed by atoms with Crippen LogP contribution in [0, 0.1) is 0 Å². The highest BCUT2D eigenvalue weighted by molar-refractivity contribution is 5.89. The summed E-state index contributed by atoms with van der Waals surface area (Å²) in [4.78, 5) is 30.6. The summed E-state index contributed by atoms with van der Waals surface area (Å²) in [5.74, 6) is 0.297. The Morgan fingerprint density at radius 3 is 2.50 bits per heavy atom. The first-order valence-electron chi connectivity index (χ1n) is 10.9. The smallest absolute Gasteiger partial charge is 0.404 e. The number of nitrogens with one attached hydrogen (secondary N) is 3. The number of nitrogens with zero attached hydrogens (tertiary/aromatic N) is 3. The summed E-state index contributed by atoms with van der Waals surface area (Å²) in [6.07, 6.45) is 10.8. The third-order valence-electron chi connectivity index (χ3n) is 5.04. The monoisotopic (exact) mass is 438 g/mol. The Kier molecular flexibility index (Phi) is 8.42. The predicted molar refractivity (Wildman–Crippen MR) is 125 cm³/mol. The van der Waals surface area contributed by atoms with Crippen LogP contribution in [-0.4, -0.2) is 38.2 Å². The summed E-state index contributed by atoms with van der Waals surface area (Å²) in [6.45, 7) is 2.47. The van der Waals surface area contributed by atoms with Crippen LogP contribution >= 0.6 is 0 Å². The molecular weight excluding hydrogens is 408 g/mol. The first kappa shape index (κ1) is 23.1. The number of aryl methyl sites for hydroxylation is 1. The second-order valence-corrected chi connectivity index (χ2v) is 7.72. The van der Waals surface area contributed by atoms with Gasteiger partial charge in [0.1, 0.15) is 5.65 Å². The van der Waals surface area contributed by atoms with E-state index in [1.54, 1.807) is 18.3 Å². The number of hydrogen-bond donors (Lipinski definition) is 4. The molecule has 2 heterocycles. The Morgan fingerprint density at radius 1 is 1.09 bits per heavy atom. The number of anilines is 3. The van der Waals surface area contributed by atoms with Crippen molar-refractivity contribution < 1.29 is 14.7 Å². The van der Waals surface area contributed by atoms with Gasteiger partial charge in [-0.3, -0.25) is 4.79 Å². The molecule has 4 rings (SSSR count). The second kappa shape index (κ2) is 11.7. The fourth-order valence-electron chi connectivity index (χ4n) is 3.55. The van der Waals surface area contributed by atoms with Crippen molar-refractivity contribution in [2.45, 2.75) is 52.0 Å². The van der Waals surface area contributed by atoms with Gasteiger partial charge < -0.3 is 25.6 Å². The summed E-state index contributed by atoms with van der Waals surface area (Å²) in [6, 6.07) is 9.19. The number of rotatable bonds is 7. The van der Waals surface area contributed by atoms with Gasteiger partial charge in [0, 0.05) is 49.2 Å². The van der Waals surface area contributed by atoms with E-state index in [0.717, 1.165) is 16.7 Å². The zero-order valence-electron chi connectivity index (χ0n) is 18.3. The van der Waals surface area contributed by atoms with Gasteiger partial charge in [-0.25, -0.2) is 9.78 Å². The Bertz CT molecular complexity index is 1040. The lowest BCUT2D eigenvalue weighted by molar-refractivity contribution is -0.114. The summed E-state index contributed by atoms with van der Waals surface area (Å²) >= 11 is 0. The fourth-order valence-corrected chi connectivity index (χ4v) is 3.55. The third kappa shape index (κ3) is 7.26. The van der Waals surface area contributed by atoms with E-state index in [9.17, 15) is 9.59 Å². The highest BCUT2D eigenvalue weighted by Crippen LogP contribution is 2.20. The summed E-state index contributed by atoms with van der Waals surface area (Å²) in [5.41, 5.74) is 2.20. The molecule has 2 amide bonds. The molecule has 1 saturated carbocycles. The van der Waals surface area contributed by atoms with Crippen LogP contribution in [0.15, 0.2) is 42.7 Å². The molecule has 0 aliphatic heterocycles. The number of aromatic nitrogens is 3. The van der Waals surface area contributed by atoms with Gasteiger partial charge in [0.15, 0.2) is 0 Å². The van der Waals surface area contributed by atoms with Gasteiger partial charge in [0.2, 0.25) is 11.9 Å². The minimum atomic E-state index is -1.03. The Labute approximate surface area is 187 Å². The normalized spacial score (nSPS) is 12.7. The van der Waals surface area contributed by atoms with Gasteiger partial charge in [-0.15, -0.1) is 0 Å². The van der Waals surface area contributed by atoms with Crippen molar-refractivity contribution in [1.29, 1.82) is 0 Å².